The van der Waals surface area contributed by atoms with Gasteiger partial charge in [-0.1, -0.05) is 36.4 Å². The Kier molecular flexibility index (Phi) is 3.96. The first-order valence-corrected chi connectivity index (χ1v) is 7.01. The van der Waals surface area contributed by atoms with Gasteiger partial charge in [0.15, 0.2) is 0 Å². The second kappa shape index (κ2) is 6.22. The molecule has 1 N–H and O–H groups in total. The Balaban J connectivity index is 1.74. The zero-order valence-electron chi connectivity index (χ0n) is 12.2. The van der Waals surface area contributed by atoms with Crippen LogP contribution >= 0.6 is 0 Å². The predicted molar refractivity (Wildman–Crippen MR) is 84.1 cm³/mol. The molecule has 0 atom stereocenters. The van der Waals surface area contributed by atoms with Crippen LogP contribution in [0.4, 0.5) is 0 Å². The van der Waals surface area contributed by atoms with Crippen molar-refractivity contribution in [3.63, 3.8) is 0 Å². The highest BCUT2D eigenvalue weighted by atomic mass is 16.2. The number of benzene rings is 1. The van der Waals surface area contributed by atoms with Crippen molar-refractivity contribution in [3.05, 3.63) is 72.2 Å². The van der Waals surface area contributed by atoms with Gasteiger partial charge in [-0.05, 0) is 18.2 Å². The third-order valence-electron chi connectivity index (χ3n) is 3.34. The lowest BCUT2D eigenvalue weighted by atomic mass is 10.1. The molecule has 0 saturated carbocycles. The van der Waals surface area contributed by atoms with Gasteiger partial charge in [0.05, 0.1) is 17.9 Å². The van der Waals surface area contributed by atoms with Crippen LogP contribution in [0.15, 0.2) is 60.8 Å². The maximum Gasteiger partial charge on any atom is 0.269 e. The zero-order chi connectivity index (χ0) is 15.4. The van der Waals surface area contributed by atoms with E-state index < -0.39 is 0 Å². The van der Waals surface area contributed by atoms with Gasteiger partial charge in [0.2, 0.25) is 0 Å². The van der Waals surface area contributed by atoms with Gasteiger partial charge in [0.1, 0.15) is 5.69 Å². The summed E-state index contributed by atoms with van der Waals surface area (Å²) in [7, 11) is 1.77. The SMILES string of the molecule is Cn1nc(-c2ccccc2)cc1C(=O)NCc1ccccn1. The number of rotatable bonds is 4. The molecule has 110 valence electrons. The van der Waals surface area contributed by atoms with E-state index in [1.165, 1.54) is 0 Å². The molecule has 0 aliphatic carbocycles. The van der Waals surface area contributed by atoms with Gasteiger partial charge in [-0.2, -0.15) is 5.10 Å². The molecule has 1 amide bonds. The number of nitrogens with zero attached hydrogens (tertiary/aromatic N) is 3. The number of hydrogen-bond acceptors (Lipinski definition) is 3. The topological polar surface area (TPSA) is 59.8 Å². The predicted octanol–water partition coefficient (Wildman–Crippen LogP) is 2.41. The monoisotopic (exact) mass is 292 g/mol. The zero-order valence-corrected chi connectivity index (χ0v) is 12.2. The first kappa shape index (κ1) is 14.0. The molecular formula is C17H16N4O. The molecule has 1 aromatic carbocycles. The number of nitrogens with one attached hydrogen (secondary N) is 1. The van der Waals surface area contributed by atoms with E-state index in [4.69, 9.17) is 0 Å². The summed E-state index contributed by atoms with van der Waals surface area (Å²) in [5.74, 6) is -0.164. The number of aryl methyl sites for hydroxylation is 1. The third kappa shape index (κ3) is 3.03. The Morgan fingerprint density at radius 1 is 1.14 bits per heavy atom. The van der Waals surface area contributed by atoms with Crippen LogP contribution in [0.2, 0.25) is 0 Å². The third-order valence-corrected chi connectivity index (χ3v) is 3.34. The first-order valence-electron chi connectivity index (χ1n) is 7.01. The minimum Gasteiger partial charge on any atom is -0.345 e. The van der Waals surface area contributed by atoms with E-state index in [1.807, 2.05) is 48.5 Å². The largest absolute Gasteiger partial charge is 0.345 e. The summed E-state index contributed by atoms with van der Waals surface area (Å²) in [5, 5.41) is 7.26. The Labute approximate surface area is 128 Å². The summed E-state index contributed by atoms with van der Waals surface area (Å²) >= 11 is 0. The number of carbonyl (C=O) groups excluding carboxylic acids is 1. The number of hydrogen-bond donors (Lipinski definition) is 1. The lowest BCUT2D eigenvalue weighted by Crippen LogP contribution is -2.25. The van der Waals surface area contributed by atoms with Gasteiger partial charge in [-0.3, -0.25) is 14.5 Å². The molecule has 0 spiro atoms. The maximum atomic E-state index is 12.3. The van der Waals surface area contributed by atoms with Gasteiger partial charge < -0.3 is 5.32 Å². The van der Waals surface area contributed by atoms with Crippen LogP contribution in [-0.2, 0) is 13.6 Å². The van der Waals surface area contributed by atoms with Crippen molar-refractivity contribution in [3.8, 4) is 11.3 Å². The number of carbonyl (C=O) groups is 1. The number of amides is 1. The molecule has 0 aliphatic rings. The molecule has 0 aliphatic heterocycles. The van der Waals surface area contributed by atoms with E-state index in [0.717, 1.165) is 17.0 Å². The fourth-order valence-corrected chi connectivity index (χ4v) is 2.19. The molecule has 0 fully saturated rings. The molecule has 2 aromatic heterocycles. The smallest absolute Gasteiger partial charge is 0.269 e. The van der Waals surface area contributed by atoms with Gasteiger partial charge in [-0.25, -0.2) is 0 Å². The molecule has 5 heteroatoms. The van der Waals surface area contributed by atoms with Crippen molar-refractivity contribution in [2.75, 3.05) is 0 Å². The Bertz CT molecular complexity index is 766. The van der Waals surface area contributed by atoms with E-state index in [1.54, 1.807) is 24.0 Å². The van der Waals surface area contributed by atoms with E-state index >= 15 is 0 Å². The van der Waals surface area contributed by atoms with Crippen LogP contribution in [-0.4, -0.2) is 20.7 Å². The van der Waals surface area contributed by atoms with Crippen molar-refractivity contribution >= 4 is 5.91 Å². The molecule has 22 heavy (non-hydrogen) atoms. The quantitative estimate of drug-likeness (QED) is 0.803. The molecule has 0 bridgehead atoms. The van der Waals surface area contributed by atoms with Crippen LogP contribution in [0.1, 0.15) is 16.2 Å². The Hall–Kier alpha value is -2.95. The average Bonchev–Trinajstić information content (AvgIpc) is 2.96. The van der Waals surface area contributed by atoms with Crippen LogP contribution in [0.3, 0.4) is 0 Å². The van der Waals surface area contributed by atoms with Crippen molar-refractivity contribution < 1.29 is 4.79 Å². The fraction of sp³-hybridized carbons (Fsp3) is 0.118. The van der Waals surface area contributed by atoms with Crippen molar-refractivity contribution in [2.45, 2.75) is 6.54 Å². The second-order valence-corrected chi connectivity index (χ2v) is 4.91. The van der Waals surface area contributed by atoms with E-state index in [-0.39, 0.29) is 5.91 Å². The molecule has 0 saturated heterocycles. The van der Waals surface area contributed by atoms with E-state index in [9.17, 15) is 4.79 Å². The molecule has 3 aromatic rings. The summed E-state index contributed by atoms with van der Waals surface area (Å²) in [4.78, 5) is 16.5. The van der Waals surface area contributed by atoms with Crippen LogP contribution in [0.25, 0.3) is 11.3 Å². The molecule has 0 radical (unpaired) electrons. The van der Waals surface area contributed by atoms with Crippen LogP contribution in [0.5, 0.6) is 0 Å². The summed E-state index contributed by atoms with van der Waals surface area (Å²) in [6.07, 6.45) is 1.71. The second-order valence-electron chi connectivity index (χ2n) is 4.91. The molecule has 0 unspecified atom stereocenters. The number of pyridine rings is 1. The minimum absolute atomic E-state index is 0.164. The number of aromatic nitrogens is 3. The fourth-order valence-electron chi connectivity index (χ4n) is 2.19. The van der Waals surface area contributed by atoms with Crippen molar-refractivity contribution in [1.82, 2.24) is 20.1 Å². The van der Waals surface area contributed by atoms with Crippen LogP contribution < -0.4 is 5.32 Å². The summed E-state index contributed by atoms with van der Waals surface area (Å²) < 4.78 is 1.59. The van der Waals surface area contributed by atoms with Gasteiger partial charge in [-0.15, -0.1) is 0 Å². The average molecular weight is 292 g/mol. The Morgan fingerprint density at radius 2 is 1.91 bits per heavy atom. The summed E-state index contributed by atoms with van der Waals surface area (Å²) in [5.41, 5.74) is 3.11. The van der Waals surface area contributed by atoms with Gasteiger partial charge in [0.25, 0.3) is 5.91 Å². The highest BCUT2D eigenvalue weighted by Crippen LogP contribution is 2.18. The first-order chi connectivity index (χ1) is 10.7. The van der Waals surface area contributed by atoms with Gasteiger partial charge in [0, 0.05) is 18.8 Å². The lowest BCUT2D eigenvalue weighted by molar-refractivity contribution is 0.0941. The van der Waals surface area contributed by atoms with Crippen LogP contribution in [0, 0.1) is 0 Å². The molecular weight excluding hydrogens is 276 g/mol. The van der Waals surface area contributed by atoms with E-state index in [0.29, 0.717) is 12.2 Å². The van der Waals surface area contributed by atoms with Gasteiger partial charge >= 0.3 is 0 Å². The maximum absolute atomic E-state index is 12.3. The van der Waals surface area contributed by atoms with Crippen molar-refractivity contribution in [2.24, 2.45) is 7.05 Å². The Morgan fingerprint density at radius 3 is 2.64 bits per heavy atom. The van der Waals surface area contributed by atoms with Crippen molar-refractivity contribution in [1.29, 1.82) is 0 Å². The normalized spacial score (nSPS) is 10.4. The molecule has 5 nitrogen and oxygen atoms in total. The summed E-state index contributed by atoms with van der Waals surface area (Å²) in [6.45, 7) is 0.394. The van der Waals surface area contributed by atoms with E-state index in [2.05, 4.69) is 15.4 Å². The molecule has 3 rings (SSSR count). The molecule has 2 heterocycles. The highest BCUT2D eigenvalue weighted by molar-refractivity contribution is 5.93. The summed E-state index contributed by atoms with van der Waals surface area (Å²) in [6, 6.07) is 17.2. The standard InChI is InChI=1S/C17H16N4O/c1-21-16(11-15(20-21)13-7-3-2-4-8-13)17(22)19-12-14-9-5-6-10-18-14/h2-11H,12H2,1H3,(H,19,22). The lowest BCUT2D eigenvalue weighted by Gasteiger charge is -2.04. The highest BCUT2D eigenvalue weighted by Gasteiger charge is 2.14. The minimum atomic E-state index is -0.164.